The van der Waals surface area contributed by atoms with E-state index in [1.165, 1.54) is 11.1 Å². The molecule has 0 saturated carbocycles. The van der Waals surface area contributed by atoms with Gasteiger partial charge in [-0.2, -0.15) is 0 Å². The molecule has 0 saturated heterocycles. The highest BCUT2D eigenvalue weighted by Crippen LogP contribution is 2.12. The van der Waals surface area contributed by atoms with Gasteiger partial charge in [0.1, 0.15) is 0 Å². The standard InChI is InChI=1S/C20H20N2O2/c1-14-6-8-17(9-7-14)20(23)21-13-19-12-18(22-24-19)11-16-5-3-4-15(2)10-16/h3-10,12H,11,13H2,1-2H3,(H,21,23). The lowest BCUT2D eigenvalue weighted by atomic mass is 10.1. The van der Waals surface area contributed by atoms with Crippen molar-refractivity contribution in [2.24, 2.45) is 0 Å². The van der Waals surface area contributed by atoms with Gasteiger partial charge in [-0.15, -0.1) is 0 Å². The minimum atomic E-state index is -0.119. The molecule has 0 bridgehead atoms. The molecule has 0 unspecified atom stereocenters. The Morgan fingerprint density at radius 2 is 1.83 bits per heavy atom. The molecule has 0 aliphatic rings. The lowest BCUT2D eigenvalue weighted by Crippen LogP contribution is -2.22. The number of rotatable bonds is 5. The second kappa shape index (κ2) is 7.13. The average molecular weight is 320 g/mol. The third kappa shape index (κ3) is 4.10. The highest BCUT2D eigenvalue weighted by Gasteiger charge is 2.09. The fourth-order valence-corrected chi connectivity index (χ4v) is 2.53. The van der Waals surface area contributed by atoms with Crippen LogP contribution in [0.2, 0.25) is 0 Å². The number of aromatic nitrogens is 1. The van der Waals surface area contributed by atoms with Crippen LogP contribution in [0.25, 0.3) is 0 Å². The largest absolute Gasteiger partial charge is 0.359 e. The van der Waals surface area contributed by atoms with Gasteiger partial charge in [0.2, 0.25) is 0 Å². The first-order valence-corrected chi connectivity index (χ1v) is 7.95. The number of nitrogens with zero attached hydrogens (tertiary/aromatic N) is 1. The highest BCUT2D eigenvalue weighted by molar-refractivity contribution is 5.94. The van der Waals surface area contributed by atoms with E-state index >= 15 is 0 Å². The number of carbonyl (C=O) groups excluding carboxylic acids is 1. The van der Waals surface area contributed by atoms with E-state index in [1.54, 1.807) is 0 Å². The smallest absolute Gasteiger partial charge is 0.251 e. The molecule has 0 aliphatic carbocycles. The molecule has 1 N–H and O–H groups in total. The maximum absolute atomic E-state index is 12.1. The van der Waals surface area contributed by atoms with Crippen molar-refractivity contribution in [1.82, 2.24) is 10.5 Å². The van der Waals surface area contributed by atoms with Gasteiger partial charge in [0, 0.05) is 18.1 Å². The van der Waals surface area contributed by atoms with Crippen molar-refractivity contribution in [2.75, 3.05) is 0 Å². The third-order valence-electron chi connectivity index (χ3n) is 3.81. The van der Waals surface area contributed by atoms with Crippen LogP contribution in [0.4, 0.5) is 0 Å². The Morgan fingerprint density at radius 3 is 2.58 bits per heavy atom. The van der Waals surface area contributed by atoms with Gasteiger partial charge in [-0.1, -0.05) is 52.7 Å². The van der Waals surface area contributed by atoms with Crippen molar-refractivity contribution in [1.29, 1.82) is 0 Å². The van der Waals surface area contributed by atoms with Gasteiger partial charge in [-0.25, -0.2) is 0 Å². The minimum Gasteiger partial charge on any atom is -0.359 e. The molecule has 4 heteroatoms. The summed E-state index contributed by atoms with van der Waals surface area (Å²) in [6.07, 6.45) is 0.719. The summed E-state index contributed by atoms with van der Waals surface area (Å²) in [5.41, 5.74) is 5.04. The van der Waals surface area contributed by atoms with Crippen molar-refractivity contribution in [3.05, 3.63) is 88.3 Å². The van der Waals surface area contributed by atoms with Crippen LogP contribution in [0.5, 0.6) is 0 Å². The summed E-state index contributed by atoms with van der Waals surface area (Å²) in [6.45, 7) is 4.39. The first-order chi connectivity index (χ1) is 11.6. The highest BCUT2D eigenvalue weighted by atomic mass is 16.5. The summed E-state index contributed by atoms with van der Waals surface area (Å²) in [7, 11) is 0. The predicted octanol–water partition coefficient (Wildman–Crippen LogP) is 3.81. The SMILES string of the molecule is Cc1ccc(C(=O)NCc2cc(Cc3cccc(C)c3)no2)cc1. The Balaban J connectivity index is 1.58. The van der Waals surface area contributed by atoms with Crippen molar-refractivity contribution < 1.29 is 9.32 Å². The van der Waals surface area contributed by atoms with Gasteiger partial charge in [-0.3, -0.25) is 4.79 Å². The molecular weight excluding hydrogens is 300 g/mol. The van der Waals surface area contributed by atoms with Gasteiger partial charge in [0.25, 0.3) is 5.91 Å². The van der Waals surface area contributed by atoms with E-state index in [2.05, 4.69) is 35.6 Å². The van der Waals surface area contributed by atoms with Gasteiger partial charge >= 0.3 is 0 Å². The molecule has 2 aromatic carbocycles. The first-order valence-electron chi connectivity index (χ1n) is 7.95. The van der Waals surface area contributed by atoms with Crippen LogP contribution in [-0.4, -0.2) is 11.1 Å². The molecule has 4 nitrogen and oxygen atoms in total. The molecule has 24 heavy (non-hydrogen) atoms. The fraction of sp³-hybridized carbons (Fsp3) is 0.200. The summed E-state index contributed by atoms with van der Waals surface area (Å²) >= 11 is 0. The normalized spacial score (nSPS) is 10.6. The van der Waals surface area contributed by atoms with E-state index in [-0.39, 0.29) is 5.91 Å². The Morgan fingerprint density at radius 1 is 1.04 bits per heavy atom. The molecule has 1 aromatic heterocycles. The van der Waals surface area contributed by atoms with E-state index in [0.29, 0.717) is 17.9 Å². The zero-order valence-electron chi connectivity index (χ0n) is 13.9. The molecule has 0 aliphatic heterocycles. The molecule has 0 spiro atoms. The molecule has 122 valence electrons. The van der Waals surface area contributed by atoms with Crippen LogP contribution in [0.3, 0.4) is 0 Å². The number of aryl methyl sites for hydroxylation is 2. The molecule has 3 aromatic rings. The number of hydrogen-bond donors (Lipinski definition) is 1. The summed E-state index contributed by atoms with van der Waals surface area (Å²) in [5, 5.41) is 6.93. The van der Waals surface area contributed by atoms with Gasteiger partial charge in [-0.05, 0) is 31.5 Å². The summed E-state index contributed by atoms with van der Waals surface area (Å²) in [6, 6.07) is 17.7. The average Bonchev–Trinajstić information content (AvgIpc) is 3.01. The first kappa shape index (κ1) is 16.0. The summed E-state index contributed by atoms with van der Waals surface area (Å²) in [5.74, 6) is 0.532. The molecule has 0 radical (unpaired) electrons. The van der Waals surface area contributed by atoms with Gasteiger partial charge in [0.05, 0.1) is 12.2 Å². The second-order valence-corrected chi connectivity index (χ2v) is 6.00. The van der Waals surface area contributed by atoms with Gasteiger partial charge < -0.3 is 9.84 Å². The molecule has 1 amide bonds. The van der Waals surface area contributed by atoms with Crippen LogP contribution in [-0.2, 0) is 13.0 Å². The number of hydrogen-bond acceptors (Lipinski definition) is 3. The number of amides is 1. The number of nitrogens with one attached hydrogen (secondary N) is 1. The number of carbonyl (C=O) groups is 1. The molecule has 0 fully saturated rings. The van der Waals surface area contributed by atoms with Crippen LogP contribution in [0.15, 0.2) is 59.1 Å². The minimum absolute atomic E-state index is 0.119. The Kier molecular flexibility index (Phi) is 4.75. The van der Waals surface area contributed by atoms with Crippen LogP contribution in [0.1, 0.15) is 38.5 Å². The Labute approximate surface area is 141 Å². The van der Waals surface area contributed by atoms with E-state index in [4.69, 9.17) is 4.52 Å². The molecule has 0 atom stereocenters. The second-order valence-electron chi connectivity index (χ2n) is 6.00. The van der Waals surface area contributed by atoms with Crippen LogP contribution >= 0.6 is 0 Å². The zero-order valence-corrected chi connectivity index (χ0v) is 13.9. The fourth-order valence-electron chi connectivity index (χ4n) is 2.53. The van der Waals surface area contributed by atoms with Crippen molar-refractivity contribution in [3.63, 3.8) is 0 Å². The lowest BCUT2D eigenvalue weighted by Gasteiger charge is -2.03. The lowest BCUT2D eigenvalue weighted by molar-refractivity contribution is 0.0947. The quantitative estimate of drug-likeness (QED) is 0.777. The molecule has 1 heterocycles. The zero-order chi connectivity index (χ0) is 16.9. The van der Waals surface area contributed by atoms with Crippen LogP contribution in [0, 0.1) is 13.8 Å². The predicted molar refractivity (Wildman–Crippen MR) is 92.8 cm³/mol. The van der Waals surface area contributed by atoms with E-state index < -0.39 is 0 Å². The third-order valence-corrected chi connectivity index (χ3v) is 3.81. The maximum atomic E-state index is 12.1. The van der Waals surface area contributed by atoms with E-state index in [0.717, 1.165) is 17.7 Å². The number of benzene rings is 2. The topological polar surface area (TPSA) is 55.1 Å². The van der Waals surface area contributed by atoms with Crippen molar-refractivity contribution in [3.8, 4) is 0 Å². The van der Waals surface area contributed by atoms with Crippen LogP contribution < -0.4 is 5.32 Å². The molecule has 3 rings (SSSR count). The van der Waals surface area contributed by atoms with E-state index in [1.807, 2.05) is 43.3 Å². The molecular formula is C20H20N2O2. The monoisotopic (exact) mass is 320 g/mol. The Hall–Kier alpha value is -2.88. The summed E-state index contributed by atoms with van der Waals surface area (Å²) < 4.78 is 5.31. The maximum Gasteiger partial charge on any atom is 0.251 e. The Bertz CT molecular complexity index is 835. The van der Waals surface area contributed by atoms with Gasteiger partial charge in [0.15, 0.2) is 5.76 Å². The van der Waals surface area contributed by atoms with Crippen molar-refractivity contribution >= 4 is 5.91 Å². The van der Waals surface area contributed by atoms with Crippen molar-refractivity contribution in [2.45, 2.75) is 26.8 Å². The summed E-state index contributed by atoms with van der Waals surface area (Å²) in [4.78, 5) is 12.1. The van der Waals surface area contributed by atoms with E-state index in [9.17, 15) is 4.79 Å².